The molecule has 0 aliphatic carbocycles. The smallest absolute Gasteiger partial charge is 0.342 e. The Kier molecular flexibility index (Phi) is 7.41. The van der Waals surface area contributed by atoms with Crippen molar-refractivity contribution in [1.82, 2.24) is 10.2 Å². The second kappa shape index (κ2) is 10.0. The van der Waals surface area contributed by atoms with Gasteiger partial charge in [-0.3, -0.25) is 0 Å². The molecule has 10 heteroatoms. The zero-order valence-electron chi connectivity index (χ0n) is 15.9. The number of hydrogen-bond donors (Lipinski definition) is 1. The first-order valence-corrected chi connectivity index (χ1v) is 10.5. The van der Waals surface area contributed by atoms with Gasteiger partial charge in [0.2, 0.25) is 5.89 Å². The van der Waals surface area contributed by atoms with E-state index in [4.69, 9.17) is 25.5 Å². The van der Waals surface area contributed by atoms with Crippen molar-refractivity contribution in [3.05, 3.63) is 67.8 Å². The van der Waals surface area contributed by atoms with Gasteiger partial charge in [0, 0.05) is 17.5 Å². The summed E-state index contributed by atoms with van der Waals surface area (Å²) >= 11 is 10.5. The van der Waals surface area contributed by atoms with Gasteiger partial charge < -0.3 is 19.0 Å². The van der Waals surface area contributed by atoms with Crippen molar-refractivity contribution in [2.45, 2.75) is 18.8 Å². The Morgan fingerprint density at radius 2 is 2.10 bits per heavy atom. The van der Waals surface area contributed by atoms with Crippen molar-refractivity contribution in [1.29, 1.82) is 0 Å². The maximum Gasteiger partial charge on any atom is 0.342 e. The third-order valence-corrected chi connectivity index (χ3v) is 5.60. The zero-order valence-corrected chi connectivity index (χ0v) is 19.0. The summed E-state index contributed by atoms with van der Waals surface area (Å²) in [6.45, 7) is 1.88. The van der Waals surface area contributed by atoms with Crippen LogP contribution in [0, 0.1) is 6.92 Å². The van der Waals surface area contributed by atoms with Gasteiger partial charge in [-0.05, 0) is 57.5 Å². The lowest BCUT2D eigenvalue weighted by Gasteiger charge is -2.14. The third-order valence-electron chi connectivity index (χ3n) is 3.79. The summed E-state index contributed by atoms with van der Waals surface area (Å²) in [5.41, 5.74) is 1.42. The molecule has 0 amide bonds. The molecule has 0 fully saturated rings. The van der Waals surface area contributed by atoms with Crippen molar-refractivity contribution in [2.24, 2.45) is 0 Å². The highest BCUT2D eigenvalue weighted by molar-refractivity contribution is 9.10. The number of carbonyl (C=O) groups is 1. The zero-order chi connectivity index (χ0) is 21.7. The van der Waals surface area contributed by atoms with E-state index in [9.17, 15) is 9.90 Å². The second-order valence-corrected chi connectivity index (χ2v) is 8.17. The molecule has 0 saturated heterocycles. The lowest BCUT2D eigenvalue weighted by Crippen LogP contribution is -2.00. The van der Waals surface area contributed by atoms with Crippen LogP contribution in [0.5, 0.6) is 11.5 Å². The van der Waals surface area contributed by atoms with Crippen molar-refractivity contribution in [3.63, 3.8) is 0 Å². The molecule has 0 aliphatic heterocycles. The number of halogens is 2. The van der Waals surface area contributed by atoms with E-state index < -0.39 is 5.97 Å². The Hall–Kier alpha value is -2.49. The Morgan fingerprint density at radius 3 is 2.73 bits per heavy atom. The minimum absolute atomic E-state index is 0.0114. The van der Waals surface area contributed by atoms with Crippen LogP contribution in [0.15, 0.2) is 55.4 Å². The molecule has 0 radical (unpaired) electrons. The van der Waals surface area contributed by atoms with Crippen LogP contribution in [0.4, 0.5) is 0 Å². The van der Waals surface area contributed by atoms with E-state index in [2.05, 4.69) is 26.1 Å². The van der Waals surface area contributed by atoms with Crippen LogP contribution in [0.1, 0.15) is 17.0 Å². The molecule has 0 unspecified atom stereocenters. The van der Waals surface area contributed by atoms with Crippen LogP contribution in [-0.2, 0) is 11.4 Å². The molecular formula is C20H16BrClN2O5S. The first-order chi connectivity index (χ1) is 14.4. The van der Waals surface area contributed by atoms with Gasteiger partial charge in [-0.2, -0.15) is 0 Å². The van der Waals surface area contributed by atoms with E-state index in [-0.39, 0.29) is 16.7 Å². The van der Waals surface area contributed by atoms with Crippen molar-refractivity contribution >= 4 is 51.3 Å². The molecular weight excluding hydrogens is 496 g/mol. The molecule has 0 saturated carbocycles. The highest BCUT2D eigenvalue weighted by Crippen LogP contribution is 2.39. The normalized spacial score (nSPS) is 11.4. The lowest BCUT2D eigenvalue weighted by molar-refractivity contribution is -0.131. The summed E-state index contributed by atoms with van der Waals surface area (Å²) < 4.78 is 17.2. The maximum atomic E-state index is 11.7. The number of rotatable bonds is 8. The minimum atomic E-state index is -1.12. The lowest BCUT2D eigenvalue weighted by atomic mass is 10.2. The number of hydrogen-bond acceptors (Lipinski definition) is 7. The standard InChI is InChI=1S/C20H16BrClN2O5S/c1-11-23-24-20(29-11)30-17(19(25)26)9-12-7-14(21)18(16(8-12)27-2)28-10-13-5-3-4-6-15(13)22/h3-9H,10H2,1-2H3,(H,25,26)/b17-9-. The van der Waals surface area contributed by atoms with E-state index in [0.717, 1.165) is 17.3 Å². The monoisotopic (exact) mass is 510 g/mol. The molecule has 7 nitrogen and oxygen atoms in total. The number of methoxy groups -OCH3 is 1. The van der Waals surface area contributed by atoms with Gasteiger partial charge in [-0.15, -0.1) is 10.2 Å². The van der Waals surface area contributed by atoms with E-state index in [0.29, 0.717) is 32.4 Å². The summed E-state index contributed by atoms with van der Waals surface area (Å²) in [7, 11) is 1.51. The number of aromatic nitrogens is 2. The van der Waals surface area contributed by atoms with Crippen LogP contribution >= 0.6 is 39.3 Å². The molecule has 2 aromatic carbocycles. The molecule has 3 aromatic rings. The highest BCUT2D eigenvalue weighted by atomic mass is 79.9. The summed E-state index contributed by atoms with van der Waals surface area (Å²) in [4.78, 5) is 11.7. The van der Waals surface area contributed by atoms with E-state index in [1.165, 1.54) is 13.2 Å². The molecule has 156 valence electrons. The molecule has 1 N–H and O–H groups in total. The maximum absolute atomic E-state index is 11.7. The average molecular weight is 512 g/mol. The molecule has 1 aromatic heterocycles. The fourth-order valence-corrected chi connectivity index (χ4v) is 3.91. The number of nitrogens with zero attached hydrogens (tertiary/aromatic N) is 2. The summed E-state index contributed by atoms with van der Waals surface area (Å²) in [5, 5.41) is 17.8. The number of thioether (sulfide) groups is 1. The number of carboxylic acids is 1. The van der Waals surface area contributed by atoms with Crippen LogP contribution < -0.4 is 9.47 Å². The van der Waals surface area contributed by atoms with Gasteiger partial charge in [0.15, 0.2) is 11.5 Å². The number of aryl methyl sites for hydroxylation is 1. The van der Waals surface area contributed by atoms with Crippen molar-refractivity contribution in [3.8, 4) is 11.5 Å². The predicted molar refractivity (Wildman–Crippen MR) is 117 cm³/mol. The van der Waals surface area contributed by atoms with Gasteiger partial charge in [0.25, 0.3) is 5.22 Å². The fraction of sp³-hybridized carbons (Fsp3) is 0.150. The van der Waals surface area contributed by atoms with Crippen LogP contribution in [0.25, 0.3) is 6.08 Å². The van der Waals surface area contributed by atoms with E-state index in [1.807, 2.05) is 18.2 Å². The second-order valence-electron chi connectivity index (χ2n) is 5.92. The average Bonchev–Trinajstić information content (AvgIpc) is 3.12. The molecule has 0 aliphatic rings. The Morgan fingerprint density at radius 1 is 1.33 bits per heavy atom. The Balaban J connectivity index is 1.87. The quantitative estimate of drug-likeness (QED) is 0.308. The fourth-order valence-electron chi connectivity index (χ4n) is 2.43. The number of carboxylic acid groups (broad SMARTS) is 1. The topological polar surface area (TPSA) is 94.7 Å². The van der Waals surface area contributed by atoms with Gasteiger partial charge in [-0.25, -0.2) is 4.79 Å². The summed E-state index contributed by atoms with van der Waals surface area (Å²) in [5.74, 6) is 0.148. The molecule has 0 atom stereocenters. The van der Waals surface area contributed by atoms with Crippen molar-refractivity contribution < 1.29 is 23.8 Å². The van der Waals surface area contributed by atoms with Crippen LogP contribution in [0.3, 0.4) is 0 Å². The first kappa shape index (κ1) is 22.2. The Bertz CT molecular complexity index is 1100. The molecule has 3 rings (SSSR count). The van der Waals surface area contributed by atoms with Gasteiger partial charge in [0.05, 0.1) is 11.6 Å². The van der Waals surface area contributed by atoms with Crippen LogP contribution in [0.2, 0.25) is 5.02 Å². The predicted octanol–water partition coefficient (Wildman–Crippen LogP) is 5.60. The summed E-state index contributed by atoms with van der Waals surface area (Å²) in [6.07, 6.45) is 1.48. The number of aliphatic carboxylic acids is 1. The number of benzene rings is 2. The summed E-state index contributed by atoms with van der Waals surface area (Å²) in [6, 6.07) is 10.8. The van der Waals surface area contributed by atoms with Gasteiger partial charge >= 0.3 is 5.97 Å². The third kappa shape index (κ3) is 5.56. The highest BCUT2D eigenvalue weighted by Gasteiger charge is 2.17. The number of ether oxygens (including phenoxy) is 2. The molecule has 0 bridgehead atoms. The SMILES string of the molecule is COc1cc(/C=C(\Sc2nnc(C)o2)C(=O)O)cc(Br)c1OCc1ccccc1Cl. The Labute approximate surface area is 190 Å². The van der Waals surface area contributed by atoms with Crippen LogP contribution in [-0.4, -0.2) is 28.4 Å². The van der Waals surface area contributed by atoms with E-state index in [1.54, 1.807) is 25.1 Å². The molecule has 1 heterocycles. The van der Waals surface area contributed by atoms with Crippen molar-refractivity contribution in [2.75, 3.05) is 7.11 Å². The van der Waals surface area contributed by atoms with Gasteiger partial charge in [0.1, 0.15) is 11.5 Å². The van der Waals surface area contributed by atoms with E-state index >= 15 is 0 Å². The minimum Gasteiger partial charge on any atom is -0.493 e. The first-order valence-electron chi connectivity index (χ1n) is 8.54. The largest absolute Gasteiger partial charge is 0.493 e. The molecule has 30 heavy (non-hydrogen) atoms. The molecule has 0 spiro atoms. The van der Waals surface area contributed by atoms with Gasteiger partial charge in [-0.1, -0.05) is 29.8 Å².